The van der Waals surface area contributed by atoms with E-state index in [0.717, 1.165) is 23.1 Å². The summed E-state index contributed by atoms with van der Waals surface area (Å²) in [7, 11) is 0. The Hall–Kier alpha value is -2.43. The first kappa shape index (κ1) is 20.3. The number of hydrogen-bond donors (Lipinski definition) is 2. The zero-order valence-corrected chi connectivity index (χ0v) is 17.1. The van der Waals surface area contributed by atoms with E-state index in [1.54, 1.807) is 19.9 Å². The van der Waals surface area contributed by atoms with Crippen molar-refractivity contribution in [2.75, 3.05) is 16.4 Å². The van der Waals surface area contributed by atoms with Crippen LogP contribution in [-0.4, -0.2) is 27.8 Å². The Morgan fingerprint density at radius 3 is 2.71 bits per heavy atom. The van der Waals surface area contributed by atoms with Crippen molar-refractivity contribution in [1.82, 2.24) is 10.2 Å². The minimum absolute atomic E-state index is 0.0671. The van der Waals surface area contributed by atoms with Gasteiger partial charge in [-0.05, 0) is 38.1 Å². The van der Waals surface area contributed by atoms with Gasteiger partial charge < -0.3 is 9.73 Å². The molecule has 3 aromatic rings. The van der Waals surface area contributed by atoms with Crippen LogP contribution in [0.3, 0.4) is 0 Å². The number of rotatable bonds is 6. The Morgan fingerprint density at radius 2 is 2.04 bits per heavy atom. The lowest BCUT2D eigenvalue weighted by Crippen LogP contribution is -2.13. The zero-order valence-electron chi connectivity index (χ0n) is 14.7. The van der Waals surface area contributed by atoms with Crippen LogP contribution in [0.2, 0.25) is 5.02 Å². The third-order valence-electron chi connectivity index (χ3n) is 3.44. The average molecular weight is 441 g/mol. The molecule has 1 aromatic carbocycles. The van der Waals surface area contributed by atoms with Crippen LogP contribution in [0.15, 0.2) is 33.0 Å². The molecule has 0 aliphatic rings. The molecule has 0 saturated heterocycles. The molecule has 0 spiro atoms. The number of nitrogens with one attached hydrogen (secondary N) is 2. The van der Waals surface area contributed by atoms with E-state index in [4.69, 9.17) is 16.0 Å². The highest BCUT2D eigenvalue weighted by molar-refractivity contribution is 8.01. The molecule has 0 fully saturated rings. The lowest BCUT2D eigenvalue weighted by atomic mass is 10.2. The van der Waals surface area contributed by atoms with Crippen molar-refractivity contribution >= 4 is 57.3 Å². The maximum absolute atomic E-state index is 13.1. The molecule has 0 aliphatic heterocycles. The quantitative estimate of drug-likeness (QED) is 0.432. The first-order valence-electron chi connectivity index (χ1n) is 7.91. The molecule has 2 heterocycles. The molecule has 0 bridgehead atoms. The standard InChI is InChI=1S/C17H14ClFN4O3S2/c1-8-5-11(9(2)26-8)15(25)21-16-22-23-17(28-16)27-7-14(24)20-10-3-4-13(19)12(18)6-10/h3-6H,7H2,1-2H3,(H,20,24)(H,21,22,25). The van der Waals surface area contributed by atoms with Gasteiger partial charge in [-0.25, -0.2) is 4.39 Å². The van der Waals surface area contributed by atoms with Gasteiger partial charge in [-0.2, -0.15) is 0 Å². The minimum atomic E-state index is -0.557. The molecule has 2 aromatic heterocycles. The van der Waals surface area contributed by atoms with Gasteiger partial charge in [0.25, 0.3) is 5.91 Å². The van der Waals surface area contributed by atoms with E-state index < -0.39 is 5.82 Å². The van der Waals surface area contributed by atoms with Crippen LogP contribution >= 0.6 is 34.7 Å². The number of carbonyl (C=O) groups excluding carboxylic acids is 2. The Labute approximate surface area is 172 Å². The van der Waals surface area contributed by atoms with Crippen molar-refractivity contribution in [3.05, 3.63) is 52.2 Å². The molecule has 2 amide bonds. The third kappa shape index (κ3) is 5.09. The van der Waals surface area contributed by atoms with E-state index in [1.807, 2.05) is 0 Å². The van der Waals surface area contributed by atoms with Gasteiger partial charge in [0, 0.05) is 5.69 Å². The Balaban J connectivity index is 1.52. The van der Waals surface area contributed by atoms with Crippen molar-refractivity contribution < 1.29 is 18.4 Å². The number of furan rings is 1. The summed E-state index contributed by atoms with van der Waals surface area (Å²) >= 11 is 7.99. The predicted molar refractivity (Wildman–Crippen MR) is 107 cm³/mol. The first-order valence-corrected chi connectivity index (χ1v) is 10.1. The third-order valence-corrected chi connectivity index (χ3v) is 5.70. The lowest BCUT2D eigenvalue weighted by molar-refractivity contribution is -0.113. The van der Waals surface area contributed by atoms with E-state index in [-0.39, 0.29) is 22.6 Å². The van der Waals surface area contributed by atoms with Crippen molar-refractivity contribution in [2.45, 2.75) is 18.2 Å². The van der Waals surface area contributed by atoms with E-state index in [1.165, 1.54) is 18.2 Å². The SMILES string of the molecule is Cc1cc(C(=O)Nc2nnc(SCC(=O)Nc3ccc(F)c(Cl)c3)s2)c(C)o1. The molecule has 7 nitrogen and oxygen atoms in total. The normalized spacial score (nSPS) is 10.7. The minimum Gasteiger partial charge on any atom is -0.466 e. The number of nitrogens with zero attached hydrogens (tertiary/aromatic N) is 2. The van der Waals surface area contributed by atoms with Gasteiger partial charge in [0.1, 0.15) is 17.3 Å². The maximum atomic E-state index is 13.1. The van der Waals surface area contributed by atoms with Crippen LogP contribution in [0.4, 0.5) is 15.2 Å². The number of benzene rings is 1. The molecule has 146 valence electrons. The Bertz CT molecular complexity index is 1040. The van der Waals surface area contributed by atoms with Crippen LogP contribution in [0.5, 0.6) is 0 Å². The molecule has 0 saturated carbocycles. The average Bonchev–Trinajstić information content (AvgIpc) is 3.22. The molecule has 2 N–H and O–H groups in total. The highest BCUT2D eigenvalue weighted by Gasteiger charge is 2.16. The molecule has 28 heavy (non-hydrogen) atoms. The van der Waals surface area contributed by atoms with Gasteiger partial charge >= 0.3 is 0 Å². The van der Waals surface area contributed by atoms with Crippen molar-refractivity contribution in [3.8, 4) is 0 Å². The van der Waals surface area contributed by atoms with Gasteiger partial charge in [-0.3, -0.25) is 14.9 Å². The molecular weight excluding hydrogens is 427 g/mol. The zero-order chi connectivity index (χ0) is 20.3. The second-order valence-corrected chi connectivity index (χ2v) is 8.23. The summed E-state index contributed by atoms with van der Waals surface area (Å²) in [6.07, 6.45) is 0. The van der Waals surface area contributed by atoms with E-state index in [2.05, 4.69) is 20.8 Å². The summed E-state index contributed by atoms with van der Waals surface area (Å²) in [6, 6.07) is 5.57. The molecule has 0 aliphatic carbocycles. The highest BCUT2D eigenvalue weighted by Crippen LogP contribution is 2.27. The summed E-state index contributed by atoms with van der Waals surface area (Å²) in [5.74, 6) is 0.0259. The number of aromatic nitrogens is 2. The fourth-order valence-electron chi connectivity index (χ4n) is 2.24. The van der Waals surface area contributed by atoms with Crippen LogP contribution < -0.4 is 10.6 Å². The van der Waals surface area contributed by atoms with Crippen LogP contribution in [-0.2, 0) is 4.79 Å². The largest absolute Gasteiger partial charge is 0.466 e. The predicted octanol–water partition coefficient (Wildman–Crippen LogP) is 4.52. The smallest absolute Gasteiger partial charge is 0.261 e. The van der Waals surface area contributed by atoms with Crippen LogP contribution in [0.1, 0.15) is 21.9 Å². The van der Waals surface area contributed by atoms with Crippen LogP contribution in [0, 0.1) is 19.7 Å². The summed E-state index contributed by atoms with van der Waals surface area (Å²) in [5.41, 5.74) is 0.826. The number of hydrogen-bond acceptors (Lipinski definition) is 7. The number of amides is 2. The maximum Gasteiger partial charge on any atom is 0.261 e. The van der Waals surface area contributed by atoms with Gasteiger partial charge in [0.05, 0.1) is 16.3 Å². The van der Waals surface area contributed by atoms with Gasteiger partial charge in [0.2, 0.25) is 11.0 Å². The van der Waals surface area contributed by atoms with E-state index in [9.17, 15) is 14.0 Å². The molecule has 0 radical (unpaired) electrons. The fourth-order valence-corrected chi connectivity index (χ4v) is 3.97. The number of aryl methyl sites for hydroxylation is 2. The van der Waals surface area contributed by atoms with Crippen molar-refractivity contribution in [3.63, 3.8) is 0 Å². The summed E-state index contributed by atoms with van der Waals surface area (Å²) < 4.78 is 19.0. The van der Waals surface area contributed by atoms with E-state index >= 15 is 0 Å². The van der Waals surface area contributed by atoms with Gasteiger partial charge in [-0.1, -0.05) is 34.7 Å². The van der Waals surface area contributed by atoms with Crippen molar-refractivity contribution in [1.29, 1.82) is 0 Å². The van der Waals surface area contributed by atoms with E-state index in [0.29, 0.717) is 32.2 Å². The molecule has 0 atom stereocenters. The second-order valence-electron chi connectivity index (χ2n) is 5.62. The first-order chi connectivity index (χ1) is 13.3. The summed E-state index contributed by atoms with van der Waals surface area (Å²) in [5, 5.41) is 13.3. The number of anilines is 2. The molecule has 3 rings (SSSR count). The monoisotopic (exact) mass is 440 g/mol. The topological polar surface area (TPSA) is 97.1 Å². The highest BCUT2D eigenvalue weighted by atomic mass is 35.5. The number of thioether (sulfide) groups is 1. The van der Waals surface area contributed by atoms with Gasteiger partial charge in [0.15, 0.2) is 4.34 Å². The number of carbonyl (C=O) groups is 2. The molecular formula is C17H14ClFN4O3S2. The molecule has 11 heteroatoms. The second kappa shape index (κ2) is 8.72. The van der Waals surface area contributed by atoms with Crippen molar-refractivity contribution in [2.24, 2.45) is 0 Å². The number of halogens is 2. The molecule has 0 unspecified atom stereocenters. The summed E-state index contributed by atoms with van der Waals surface area (Å²) in [4.78, 5) is 24.2. The van der Waals surface area contributed by atoms with Gasteiger partial charge in [-0.15, -0.1) is 10.2 Å². The Kier molecular flexibility index (Phi) is 6.32. The fraction of sp³-hybridized carbons (Fsp3) is 0.176. The summed E-state index contributed by atoms with van der Waals surface area (Å²) in [6.45, 7) is 3.46. The lowest BCUT2D eigenvalue weighted by Gasteiger charge is -2.04. The Morgan fingerprint density at radius 1 is 1.25 bits per heavy atom. The van der Waals surface area contributed by atoms with Crippen LogP contribution in [0.25, 0.3) is 0 Å².